The number of rotatable bonds is 12. The summed E-state index contributed by atoms with van der Waals surface area (Å²) in [5.74, 6) is -0.520. The lowest BCUT2D eigenvalue weighted by molar-refractivity contribution is -0.170. The van der Waals surface area contributed by atoms with Crippen LogP contribution in [0.2, 0.25) is 0 Å². The van der Waals surface area contributed by atoms with E-state index in [0.717, 1.165) is 27.1 Å². The third-order valence-electron chi connectivity index (χ3n) is 6.13. The van der Waals surface area contributed by atoms with Gasteiger partial charge in [0.15, 0.2) is 6.61 Å². The first-order valence-electron chi connectivity index (χ1n) is 12.6. The molecule has 3 aromatic rings. The van der Waals surface area contributed by atoms with Crippen LogP contribution >= 0.6 is 15.9 Å². The molecule has 0 radical (unpaired) electrons. The van der Waals surface area contributed by atoms with Gasteiger partial charge in [-0.2, -0.15) is 0 Å². The second-order valence-corrected chi connectivity index (χ2v) is 12.0. The average molecular weight is 611 g/mol. The van der Waals surface area contributed by atoms with Gasteiger partial charge in [0.05, 0.1) is 12.8 Å². The summed E-state index contributed by atoms with van der Waals surface area (Å²) in [6.45, 7) is 3.51. The molecule has 0 bridgehead atoms. The van der Waals surface area contributed by atoms with Gasteiger partial charge in [0.2, 0.25) is 0 Å². The number of carbonyl (C=O) groups is 4. The summed E-state index contributed by atoms with van der Waals surface area (Å²) in [6.07, 6.45) is 4.68. The van der Waals surface area contributed by atoms with Gasteiger partial charge in [-0.25, -0.2) is 0 Å². The van der Waals surface area contributed by atoms with E-state index in [2.05, 4.69) is 27.9 Å². The number of esters is 4. The number of hydrogen-bond donors (Lipinski definition) is 0. The van der Waals surface area contributed by atoms with E-state index in [1.807, 2.05) is 48.5 Å². The van der Waals surface area contributed by atoms with Crippen LogP contribution in [0.3, 0.4) is 0 Å². The quantitative estimate of drug-likeness (QED) is 0.0899. The monoisotopic (exact) mass is 610 g/mol. The summed E-state index contributed by atoms with van der Waals surface area (Å²) in [5, 5.41) is 4.02. The van der Waals surface area contributed by atoms with Gasteiger partial charge in [0.1, 0.15) is 29.6 Å². The molecular weight excluding hydrogens is 580 g/mol. The molecule has 3 aromatic carbocycles. The Kier molecular flexibility index (Phi) is 10.3. The number of terminal acetylenes is 1. The maximum absolute atomic E-state index is 12.6. The van der Waals surface area contributed by atoms with Gasteiger partial charge >= 0.3 is 23.9 Å². The predicted octanol–water partition coefficient (Wildman–Crippen LogP) is 5.26. The first kappa shape index (κ1) is 30.6. The Balaban J connectivity index is 1.57. The summed E-state index contributed by atoms with van der Waals surface area (Å²) < 4.78 is 20.0. The van der Waals surface area contributed by atoms with Gasteiger partial charge in [-0.3, -0.25) is 19.2 Å². The number of hydrogen-bond acceptors (Lipinski definition) is 8. The Hall–Kier alpha value is -3.90. The SMILES string of the molecule is C#CCOC(=O)C(C)(COC(=O)CCC(=O)OCc1c2ccccc2cc2ccccc12)COC(=O)C(C)(C)Br. The van der Waals surface area contributed by atoms with Crippen LogP contribution in [-0.2, 0) is 44.7 Å². The highest BCUT2D eigenvalue weighted by Crippen LogP contribution is 2.29. The fourth-order valence-electron chi connectivity index (χ4n) is 3.84. The Labute approximate surface area is 241 Å². The van der Waals surface area contributed by atoms with Crippen LogP contribution in [0.1, 0.15) is 39.2 Å². The van der Waals surface area contributed by atoms with Crippen molar-refractivity contribution in [3.05, 3.63) is 60.2 Å². The Morgan fingerprint density at radius 3 is 1.85 bits per heavy atom. The van der Waals surface area contributed by atoms with Crippen LogP contribution in [0.25, 0.3) is 21.5 Å². The molecule has 0 saturated carbocycles. The zero-order valence-electron chi connectivity index (χ0n) is 22.7. The number of benzene rings is 3. The predicted molar refractivity (Wildman–Crippen MR) is 153 cm³/mol. The molecule has 0 N–H and O–H groups in total. The van der Waals surface area contributed by atoms with E-state index < -0.39 is 46.8 Å². The van der Waals surface area contributed by atoms with E-state index in [9.17, 15) is 19.2 Å². The largest absolute Gasteiger partial charge is 0.464 e. The van der Waals surface area contributed by atoms with Crippen LogP contribution < -0.4 is 0 Å². The summed E-state index contributed by atoms with van der Waals surface area (Å²) in [7, 11) is 0. The van der Waals surface area contributed by atoms with Gasteiger partial charge in [0.25, 0.3) is 0 Å². The van der Waals surface area contributed by atoms with Crippen molar-refractivity contribution < 1.29 is 38.1 Å². The second kappa shape index (κ2) is 13.4. The maximum atomic E-state index is 12.6. The molecule has 9 heteroatoms. The smallest absolute Gasteiger partial charge is 0.322 e. The van der Waals surface area contributed by atoms with Crippen LogP contribution in [0.5, 0.6) is 0 Å². The molecule has 1 atom stereocenters. The Morgan fingerprint density at radius 1 is 0.775 bits per heavy atom. The van der Waals surface area contributed by atoms with Crippen LogP contribution in [0.15, 0.2) is 54.6 Å². The van der Waals surface area contributed by atoms with Crippen LogP contribution in [0, 0.1) is 17.8 Å². The minimum Gasteiger partial charge on any atom is -0.464 e. The summed E-state index contributed by atoms with van der Waals surface area (Å²) in [6, 6.07) is 17.8. The summed E-state index contributed by atoms with van der Waals surface area (Å²) in [5.41, 5.74) is -0.622. The number of ether oxygens (including phenoxy) is 4. The molecule has 210 valence electrons. The number of carbonyl (C=O) groups excluding carboxylic acids is 4. The van der Waals surface area contributed by atoms with E-state index in [1.54, 1.807) is 13.8 Å². The normalized spacial score (nSPS) is 12.7. The van der Waals surface area contributed by atoms with Gasteiger partial charge in [-0.15, -0.1) is 6.42 Å². The van der Waals surface area contributed by atoms with E-state index in [1.165, 1.54) is 6.92 Å². The second-order valence-electron chi connectivity index (χ2n) is 10.0. The first-order chi connectivity index (χ1) is 18.9. The molecule has 0 amide bonds. The van der Waals surface area contributed by atoms with Gasteiger partial charge < -0.3 is 18.9 Å². The molecule has 0 fully saturated rings. The Morgan fingerprint density at radius 2 is 1.30 bits per heavy atom. The van der Waals surface area contributed by atoms with Crippen molar-refractivity contribution in [2.75, 3.05) is 19.8 Å². The molecule has 8 nitrogen and oxygen atoms in total. The fraction of sp³-hybridized carbons (Fsp3) is 0.355. The standard InChI is InChI=1S/C31H31BrO8/c1-5-16-37-29(36)31(4,20-40-28(35)30(2,3)32)19-39-27(34)15-14-26(33)38-18-25-23-12-8-6-10-21(23)17-22-11-7-9-13-24(22)25/h1,6-13,17H,14-16,18-20H2,2-4H3. The highest BCUT2D eigenvalue weighted by atomic mass is 79.9. The fourth-order valence-corrected chi connectivity index (χ4v) is 3.96. The third kappa shape index (κ3) is 8.06. The molecular formula is C31H31BrO8. The molecule has 0 saturated heterocycles. The zero-order chi connectivity index (χ0) is 29.3. The van der Waals surface area contributed by atoms with Gasteiger partial charge in [0, 0.05) is 5.56 Å². The van der Waals surface area contributed by atoms with Crippen molar-refractivity contribution in [3.8, 4) is 12.3 Å². The van der Waals surface area contributed by atoms with E-state index in [0.29, 0.717) is 0 Å². The topological polar surface area (TPSA) is 105 Å². The molecule has 3 rings (SSSR count). The van der Waals surface area contributed by atoms with Crippen molar-refractivity contribution in [3.63, 3.8) is 0 Å². The lowest BCUT2D eigenvalue weighted by Gasteiger charge is -2.27. The summed E-state index contributed by atoms with van der Waals surface area (Å²) in [4.78, 5) is 49.7. The summed E-state index contributed by atoms with van der Waals surface area (Å²) >= 11 is 3.19. The number of fused-ring (bicyclic) bond motifs is 2. The van der Waals surface area contributed by atoms with Crippen molar-refractivity contribution >= 4 is 61.4 Å². The van der Waals surface area contributed by atoms with Crippen LogP contribution in [0.4, 0.5) is 0 Å². The maximum Gasteiger partial charge on any atom is 0.322 e. The highest BCUT2D eigenvalue weighted by molar-refractivity contribution is 9.10. The molecule has 40 heavy (non-hydrogen) atoms. The lowest BCUT2D eigenvalue weighted by atomic mass is 9.93. The lowest BCUT2D eigenvalue weighted by Crippen LogP contribution is -2.42. The molecule has 0 aliphatic carbocycles. The first-order valence-corrected chi connectivity index (χ1v) is 13.4. The van der Waals surface area contributed by atoms with Crippen LogP contribution in [-0.4, -0.2) is 48.0 Å². The number of alkyl halides is 1. The average Bonchev–Trinajstić information content (AvgIpc) is 2.93. The molecule has 0 aromatic heterocycles. The highest BCUT2D eigenvalue weighted by Gasteiger charge is 2.40. The van der Waals surface area contributed by atoms with Gasteiger partial charge in [-0.1, -0.05) is 70.4 Å². The third-order valence-corrected chi connectivity index (χ3v) is 6.46. The Bertz CT molecular complexity index is 1400. The van der Waals surface area contributed by atoms with E-state index >= 15 is 0 Å². The van der Waals surface area contributed by atoms with Crippen molar-refractivity contribution in [1.82, 2.24) is 0 Å². The molecule has 1 unspecified atom stereocenters. The van der Waals surface area contributed by atoms with Crippen molar-refractivity contribution in [1.29, 1.82) is 0 Å². The minimum atomic E-state index is -1.50. The van der Waals surface area contributed by atoms with Crippen molar-refractivity contribution in [2.24, 2.45) is 5.41 Å². The van der Waals surface area contributed by atoms with Gasteiger partial charge in [-0.05, 0) is 48.4 Å². The molecule has 0 heterocycles. The molecule has 0 spiro atoms. The number of halogens is 1. The molecule has 0 aliphatic rings. The zero-order valence-corrected chi connectivity index (χ0v) is 24.2. The van der Waals surface area contributed by atoms with E-state index in [4.69, 9.17) is 25.4 Å². The molecule has 0 aliphatic heterocycles. The van der Waals surface area contributed by atoms with E-state index in [-0.39, 0.29) is 26.1 Å². The van der Waals surface area contributed by atoms with Crippen molar-refractivity contribution in [2.45, 2.75) is 44.5 Å². The minimum absolute atomic E-state index is 0.0458.